The minimum atomic E-state index is 0.463. The molecule has 0 aromatic carbocycles. The Labute approximate surface area is 81.4 Å². The van der Waals surface area contributed by atoms with Gasteiger partial charge in [0.05, 0.1) is 11.4 Å². The summed E-state index contributed by atoms with van der Waals surface area (Å²) in [7, 11) is 0. The van der Waals surface area contributed by atoms with Crippen LogP contribution in [0.3, 0.4) is 0 Å². The van der Waals surface area contributed by atoms with Gasteiger partial charge >= 0.3 is 0 Å². The molecule has 1 heterocycles. The summed E-state index contributed by atoms with van der Waals surface area (Å²) in [4.78, 5) is 3.94. The van der Waals surface area contributed by atoms with Crippen molar-refractivity contribution in [2.45, 2.75) is 13.8 Å². The van der Waals surface area contributed by atoms with Crippen LogP contribution in [-0.4, -0.2) is 26.8 Å². The third-order valence-corrected chi connectivity index (χ3v) is 1.87. The molecule has 0 atom stereocenters. The fourth-order valence-electron chi connectivity index (χ4n) is 0.951. The average molecular weight is 193 g/mol. The highest BCUT2D eigenvalue weighted by atomic mass is 16.4. The summed E-state index contributed by atoms with van der Waals surface area (Å²) in [5.41, 5.74) is 2.30. The molecule has 1 aromatic rings. The van der Waals surface area contributed by atoms with Crippen LogP contribution in [0.5, 0.6) is 0 Å². The second-order valence-electron chi connectivity index (χ2n) is 2.83. The molecule has 0 aliphatic carbocycles. The van der Waals surface area contributed by atoms with Crippen LogP contribution >= 0.6 is 0 Å². The van der Waals surface area contributed by atoms with Crippen LogP contribution in [0.2, 0.25) is 0 Å². The molecular formula is C9H11N3O2. The number of aromatic nitrogens is 1. The first kappa shape index (κ1) is 10.2. The Balaban J connectivity index is 3.14. The summed E-state index contributed by atoms with van der Waals surface area (Å²) < 4.78 is 0. The van der Waals surface area contributed by atoms with E-state index in [0.29, 0.717) is 22.6 Å². The molecule has 0 spiro atoms. The minimum Gasteiger partial charge on any atom is -0.411 e. The number of nitrogens with zero attached hydrogens (tertiary/aromatic N) is 3. The van der Waals surface area contributed by atoms with E-state index in [-0.39, 0.29) is 0 Å². The number of hydrogen-bond donors (Lipinski definition) is 2. The van der Waals surface area contributed by atoms with Gasteiger partial charge in [-0.05, 0) is 19.9 Å². The van der Waals surface area contributed by atoms with Crippen molar-refractivity contribution in [2.24, 2.45) is 10.3 Å². The van der Waals surface area contributed by atoms with E-state index in [4.69, 9.17) is 10.4 Å². The molecule has 1 aromatic heterocycles. The summed E-state index contributed by atoms with van der Waals surface area (Å²) in [6.45, 7) is 3.32. The lowest BCUT2D eigenvalue weighted by Crippen LogP contribution is -2.01. The van der Waals surface area contributed by atoms with Crippen molar-refractivity contribution in [3.63, 3.8) is 0 Å². The van der Waals surface area contributed by atoms with Crippen LogP contribution in [0.25, 0.3) is 0 Å². The quantitative estimate of drug-likeness (QED) is 0.424. The third kappa shape index (κ3) is 2.07. The normalized spacial score (nSPS) is 13.0. The Morgan fingerprint density at radius 2 is 1.50 bits per heavy atom. The second kappa shape index (κ2) is 4.36. The number of hydrogen-bond acceptors (Lipinski definition) is 5. The largest absolute Gasteiger partial charge is 0.411 e. The predicted molar refractivity (Wildman–Crippen MR) is 52.2 cm³/mol. The van der Waals surface area contributed by atoms with Gasteiger partial charge in [0.25, 0.3) is 0 Å². The van der Waals surface area contributed by atoms with Crippen molar-refractivity contribution in [2.75, 3.05) is 0 Å². The van der Waals surface area contributed by atoms with Gasteiger partial charge in [0.15, 0.2) is 0 Å². The molecule has 14 heavy (non-hydrogen) atoms. The van der Waals surface area contributed by atoms with E-state index in [1.807, 2.05) is 0 Å². The lowest BCUT2D eigenvalue weighted by Gasteiger charge is -2.01. The highest BCUT2D eigenvalue weighted by Crippen LogP contribution is 2.05. The van der Waals surface area contributed by atoms with Gasteiger partial charge in [-0.3, -0.25) is 4.98 Å². The number of pyridine rings is 1. The van der Waals surface area contributed by atoms with Gasteiger partial charge in [-0.15, -0.1) is 0 Å². The Kier molecular flexibility index (Phi) is 3.17. The summed E-state index contributed by atoms with van der Waals surface area (Å²) in [5, 5.41) is 23.2. The lowest BCUT2D eigenvalue weighted by atomic mass is 10.1. The topological polar surface area (TPSA) is 78.1 Å². The van der Waals surface area contributed by atoms with E-state index in [9.17, 15) is 0 Å². The van der Waals surface area contributed by atoms with Crippen LogP contribution in [0.1, 0.15) is 25.0 Å². The molecule has 2 N–H and O–H groups in total. The van der Waals surface area contributed by atoms with Gasteiger partial charge in [0.1, 0.15) is 0 Å². The van der Waals surface area contributed by atoms with Crippen molar-refractivity contribution in [3.05, 3.63) is 29.6 Å². The fourth-order valence-corrected chi connectivity index (χ4v) is 0.951. The summed E-state index contributed by atoms with van der Waals surface area (Å²) >= 11 is 0. The molecule has 0 saturated heterocycles. The van der Waals surface area contributed by atoms with Gasteiger partial charge in [-0.2, -0.15) is 0 Å². The summed E-state index contributed by atoms with van der Waals surface area (Å²) in [6.07, 6.45) is 3.15. The molecule has 0 unspecified atom stereocenters. The fraction of sp³-hybridized carbons (Fsp3) is 0.222. The van der Waals surface area contributed by atoms with Crippen molar-refractivity contribution in [1.29, 1.82) is 0 Å². The molecule has 5 heteroatoms. The van der Waals surface area contributed by atoms with E-state index in [1.165, 1.54) is 0 Å². The molecule has 0 amide bonds. The van der Waals surface area contributed by atoms with Gasteiger partial charge in [-0.25, -0.2) is 0 Å². The molecule has 5 nitrogen and oxygen atoms in total. The second-order valence-corrected chi connectivity index (χ2v) is 2.83. The zero-order valence-corrected chi connectivity index (χ0v) is 7.97. The van der Waals surface area contributed by atoms with E-state index in [1.54, 1.807) is 32.3 Å². The Hall–Kier alpha value is -1.91. The van der Waals surface area contributed by atoms with Gasteiger partial charge in [0.2, 0.25) is 0 Å². The molecule has 0 fully saturated rings. The monoisotopic (exact) mass is 193 g/mol. The first-order chi connectivity index (χ1) is 6.69. The van der Waals surface area contributed by atoms with Crippen molar-refractivity contribution in [1.82, 2.24) is 4.98 Å². The molecule has 0 saturated carbocycles. The minimum absolute atomic E-state index is 0.463. The zero-order valence-electron chi connectivity index (χ0n) is 7.97. The summed E-state index contributed by atoms with van der Waals surface area (Å²) in [5.74, 6) is 0. The SMILES string of the molecule is C/C(=N\O)c1cncc(/C(C)=N/O)c1. The molecular weight excluding hydrogens is 182 g/mol. The predicted octanol–water partition coefficient (Wildman–Crippen LogP) is 1.48. The van der Waals surface area contributed by atoms with Gasteiger partial charge in [-0.1, -0.05) is 10.3 Å². The number of oxime groups is 2. The maximum atomic E-state index is 8.56. The highest BCUT2D eigenvalue weighted by Gasteiger charge is 2.02. The standard InChI is InChI=1S/C9H11N3O2/c1-6(11-13)8-3-9(5-10-4-8)7(2)12-14/h3-5,13-14H,1-2H3/b11-6+,12-7+. The van der Waals surface area contributed by atoms with E-state index in [0.717, 1.165) is 0 Å². The van der Waals surface area contributed by atoms with E-state index >= 15 is 0 Å². The Bertz CT molecular complexity index is 352. The maximum Gasteiger partial charge on any atom is 0.0852 e. The molecule has 0 bridgehead atoms. The first-order valence-electron chi connectivity index (χ1n) is 4.02. The summed E-state index contributed by atoms with van der Waals surface area (Å²) in [6, 6.07) is 1.73. The van der Waals surface area contributed by atoms with Crippen LogP contribution < -0.4 is 0 Å². The highest BCUT2D eigenvalue weighted by molar-refractivity contribution is 6.02. The average Bonchev–Trinajstić information content (AvgIpc) is 2.27. The Morgan fingerprint density at radius 1 is 1.07 bits per heavy atom. The smallest absolute Gasteiger partial charge is 0.0852 e. The van der Waals surface area contributed by atoms with Gasteiger partial charge in [0, 0.05) is 23.5 Å². The van der Waals surface area contributed by atoms with Crippen molar-refractivity contribution >= 4 is 11.4 Å². The molecule has 74 valence electrons. The van der Waals surface area contributed by atoms with Crippen molar-refractivity contribution < 1.29 is 10.4 Å². The third-order valence-electron chi connectivity index (χ3n) is 1.87. The van der Waals surface area contributed by atoms with E-state index < -0.39 is 0 Å². The number of rotatable bonds is 2. The van der Waals surface area contributed by atoms with Crippen molar-refractivity contribution in [3.8, 4) is 0 Å². The molecule has 0 aliphatic heterocycles. The van der Waals surface area contributed by atoms with Crippen LogP contribution in [0, 0.1) is 0 Å². The molecule has 1 rings (SSSR count). The molecule has 0 radical (unpaired) electrons. The van der Waals surface area contributed by atoms with Gasteiger partial charge < -0.3 is 10.4 Å². The Morgan fingerprint density at radius 3 is 1.86 bits per heavy atom. The lowest BCUT2D eigenvalue weighted by molar-refractivity contribution is 0.319. The van der Waals surface area contributed by atoms with Crippen LogP contribution in [0.15, 0.2) is 28.8 Å². The maximum absolute atomic E-state index is 8.56. The van der Waals surface area contributed by atoms with E-state index in [2.05, 4.69) is 15.3 Å². The zero-order chi connectivity index (χ0) is 10.6. The van der Waals surface area contributed by atoms with Crippen LogP contribution in [-0.2, 0) is 0 Å². The first-order valence-corrected chi connectivity index (χ1v) is 4.02. The molecule has 0 aliphatic rings. The van der Waals surface area contributed by atoms with Crippen LogP contribution in [0.4, 0.5) is 0 Å².